The number of hydrogen-bond donors (Lipinski definition) is 1. The summed E-state index contributed by atoms with van der Waals surface area (Å²) in [4.78, 5) is 16.3. The second kappa shape index (κ2) is 9.17. The van der Waals surface area contributed by atoms with Gasteiger partial charge < -0.3 is 9.88 Å². The van der Waals surface area contributed by atoms with Crippen LogP contribution in [-0.4, -0.2) is 36.2 Å². The fraction of sp³-hybridized carbons (Fsp3) is 0.190. The molecule has 148 valence electrons. The van der Waals surface area contributed by atoms with Crippen LogP contribution in [-0.2, 0) is 27.6 Å². The SMILES string of the molecule is N#Cc1ccc(Cn2cncc2CCNC(=O)CS(=O)(=O)c2ccccc2)cc1. The van der Waals surface area contributed by atoms with Gasteiger partial charge in [0.2, 0.25) is 5.91 Å². The number of aromatic nitrogens is 2. The minimum absolute atomic E-state index is 0.135. The van der Waals surface area contributed by atoms with Crippen LogP contribution in [0, 0.1) is 11.3 Å². The van der Waals surface area contributed by atoms with E-state index >= 15 is 0 Å². The fourth-order valence-corrected chi connectivity index (χ4v) is 4.03. The highest BCUT2D eigenvalue weighted by atomic mass is 32.2. The van der Waals surface area contributed by atoms with Crippen LogP contribution in [0.4, 0.5) is 0 Å². The summed E-state index contributed by atoms with van der Waals surface area (Å²) >= 11 is 0. The van der Waals surface area contributed by atoms with E-state index in [1.54, 1.807) is 42.9 Å². The summed E-state index contributed by atoms with van der Waals surface area (Å²) in [7, 11) is -3.65. The molecular weight excluding hydrogens is 388 g/mol. The lowest BCUT2D eigenvalue weighted by atomic mass is 10.1. The summed E-state index contributed by atoms with van der Waals surface area (Å²) in [6.07, 6.45) is 3.94. The molecule has 0 saturated heterocycles. The molecule has 1 heterocycles. The van der Waals surface area contributed by atoms with Gasteiger partial charge in [-0.05, 0) is 29.8 Å². The Morgan fingerprint density at radius 1 is 1.10 bits per heavy atom. The van der Waals surface area contributed by atoms with Gasteiger partial charge in [0, 0.05) is 31.4 Å². The van der Waals surface area contributed by atoms with E-state index in [4.69, 9.17) is 5.26 Å². The van der Waals surface area contributed by atoms with Crippen molar-refractivity contribution < 1.29 is 13.2 Å². The van der Waals surface area contributed by atoms with Crippen molar-refractivity contribution in [3.05, 3.63) is 83.9 Å². The lowest BCUT2D eigenvalue weighted by molar-refractivity contribution is -0.118. The van der Waals surface area contributed by atoms with Crippen LogP contribution in [0.3, 0.4) is 0 Å². The topological polar surface area (TPSA) is 105 Å². The minimum Gasteiger partial charge on any atom is -0.355 e. The standard InChI is InChI=1S/C21H20N4O3S/c22-12-17-6-8-18(9-7-17)14-25-16-23-13-19(25)10-11-24-21(26)15-29(27,28)20-4-2-1-3-5-20/h1-9,13,16H,10-11,14-15H2,(H,24,26). The second-order valence-corrected chi connectivity index (χ2v) is 8.48. The van der Waals surface area contributed by atoms with Gasteiger partial charge in [-0.3, -0.25) is 4.79 Å². The molecule has 0 atom stereocenters. The molecule has 7 nitrogen and oxygen atoms in total. The van der Waals surface area contributed by atoms with Crippen molar-refractivity contribution in [1.82, 2.24) is 14.9 Å². The number of sulfone groups is 1. The lowest BCUT2D eigenvalue weighted by Gasteiger charge is -2.10. The number of hydrogen-bond acceptors (Lipinski definition) is 5. The Hall–Kier alpha value is -3.44. The zero-order valence-corrected chi connectivity index (χ0v) is 16.5. The van der Waals surface area contributed by atoms with Gasteiger partial charge in [0.25, 0.3) is 0 Å². The molecular formula is C21H20N4O3S. The number of imidazole rings is 1. The van der Waals surface area contributed by atoms with E-state index in [1.165, 1.54) is 12.1 Å². The molecule has 1 aromatic heterocycles. The highest BCUT2D eigenvalue weighted by molar-refractivity contribution is 7.92. The van der Waals surface area contributed by atoms with Crippen molar-refractivity contribution in [2.75, 3.05) is 12.3 Å². The van der Waals surface area contributed by atoms with Gasteiger partial charge in [-0.15, -0.1) is 0 Å². The zero-order valence-electron chi connectivity index (χ0n) is 15.7. The predicted octanol–water partition coefficient (Wildman–Crippen LogP) is 1.94. The van der Waals surface area contributed by atoms with Gasteiger partial charge in [0.1, 0.15) is 5.75 Å². The number of carbonyl (C=O) groups is 1. The highest BCUT2D eigenvalue weighted by Crippen LogP contribution is 2.10. The van der Waals surface area contributed by atoms with Gasteiger partial charge in [-0.1, -0.05) is 30.3 Å². The quantitative estimate of drug-likeness (QED) is 0.613. The number of nitrogens with one attached hydrogen (secondary N) is 1. The lowest BCUT2D eigenvalue weighted by Crippen LogP contribution is -2.32. The number of benzene rings is 2. The van der Waals surface area contributed by atoms with Gasteiger partial charge in [0.15, 0.2) is 9.84 Å². The van der Waals surface area contributed by atoms with E-state index in [9.17, 15) is 13.2 Å². The summed E-state index contributed by atoms with van der Waals surface area (Å²) in [5.74, 6) is -1.12. The zero-order chi connectivity index (χ0) is 20.7. The average Bonchev–Trinajstić information content (AvgIpc) is 3.16. The molecule has 3 aromatic rings. The third kappa shape index (κ3) is 5.53. The van der Waals surface area contributed by atoms with Crippen LogP contribution in [0.25, 0.3) is 0 Å². The summed E-state index contributed by atoms with van der Waals surface area (Å²) in [5.41, 5.74) is 2.55. The predicted molar refractivity (Wildman–Crippen MR) is 108 cm³/mol. The number of amides is 1. The molecule has 0 fully saturated rings. The average molecular weight is 408 g/mol. The second-order valence-electron chi connectivity index (χ2n) is 6.49. The maximum atomic E-state index is 12.2. The first-order valence-electron chi connectivity index (χ1n) is 9.00. The first-order chi connectivity index (χ1) is 14.0. The molecule has 0 saturated carbocycles. The van der Waals surface area contributed by atoms with Gasteiger partial charge in [0.05, 0.1) is 22.9 Å². The van der Waals surface area contributed by atoms with Crippen molar-refractivity contribution in [2.45, 2.75) is 17.9 Å². The molecule has 0 radical (unpaired) electrons. The molecule has 0 unspecified atom stereocenters. The summed E-state index contributed by atoms with van der Waals surface area (Å²) in [6, 6.07) is 17.3. The molecule has 3 rings (SSSR count). The van der Waals surface area contributed by atoms with E-state index < -0.39 is 21.5 Å². The van der Waals surface area contributed by atoms with Crippen LogP contribution in [0.15, 0.2) is 72.0 Å². The monoisotopic (exact) mass is 408 g/mol. The van der Waals surface area contributed by atoms with Crippen molar-refractivity contribution in [2.24, 2.45) is 0 Å². The van der Waals surface area contributed by atoms with Crippen molar-refractivity contribution in [3.8, 4) is 6.07 Å². The van der Waals surface area contributed by atoms with Crippen molar-refractivity contribution in [3.63, 3.8) is 0 Å². The molecule has 0 aliphatic heterocycles. The molecule has 1 amide bonds. The van der Waals surface area contributed by atoms with E-state index in [0.717, 1.165) is 11.3 Å². The molecule has 8 heteroatoms. The third-order valence-corrected chi connectivity index (χ3v) is 5.99. The molecule has 0 spiro atoms. The van der Waals surface area contributed by atoms with Crippen LogP contribution in [0.5, 0.6) is 0 Å². The molecule has 0 bridgehead atoms. The Morgan fingerprint density at radius 2 is 1.83 bits per heavy atom. The first kappa shape index (κ1) is 20.3. The Balaban J connectivity index is 1.53. The van der Waals surface area contributed by atoms with E-state index in [2.05, 4.69) is 16.4 Å². The molecule has 0 aliphatic rings. The number of carbonyl (C=O) groups excluding carboxylic acids is 1. The van der Waals surface area contributed by atoms with Crippen LogP contribution in [0.2, 0.25) is 0 Å². The number of nitrogens with zero attached hydrogens (tertiary/aromatic N) is 3. The van der Waals surface area contributed by atoms with Gasteiger partial charge >= 0.3 is 0 Å². The Morgan fingerprint density at radius 3 is 2.52 bits per heavy atom. The van der Waals surface area contributed by atoms with E-state index in [0.29, 0.717) is 25.1 Å². The summed E-state index contributed by atoms with van der Waals surface area (Å²) in [6.45, 7) is 0.902. The summed E-state index contributed by atoms with van der Waals surface area (Å²) < 4.78 is 26.4. The highest BCUT2D eigenvalue weighted by Gasteiger charge is 2.18. The number of nitriles is 1. The van der Waals surface area contributed by atoms with Crippen LogP contribution in [0.1, 0.15) is 16.8 Å². The molecule has 1 N–H and O–H groups in total. The van der Waals surface area contributed by atoms with Gasteiger partial charge in [-0.25, -0.2) is 13.4 Å². The molecule has 29 heavy (non-hydrogen) atoms. The normalized spacial score (nSPS) is 11.0. The first-order valence-corrected chi connectivity index (χ1v) is 10.7. The Labute approximate surface area is 169 Å². The molecule has 2 aromatic carbocycles. The Bertz CT molecular complexity index is 1110. The third-order valence-electron chi connectivity index (χ3n) is 4.36. The van der Waals surface area contributed by atoms with Crippen LogP contribution >= 0.6 is 0 Å². The van der Waals surface area contributed by atoms with Crippen molar-refractivity contribution >= 4 is 15.7 Å². The maximum Gasteiger partial charge on any atom is 0.235 e. The Kier molecular flexibility index (Phi) is 6.42. The fourth-order valence-electron chi connectivity index (χ4n) is 2.84. The van der Waals surface area contributed by atoms with E-state index in [-0.39, 0.29) is 4.90 Å². The summed E-state index contributed by atoms with van der Waals surface area (Å²) in [5, 5.41) is 11.5. The van der Waals surface area contributed by atoms with Crippen molar-refractivity contribution in [1.29, 1.82) is 5.26 Å². The van der Waals surface area contributed by atoms with Gasteiger partial charge in [-0.2, -0.15) is 5.26 Å². The maximum absolute atomic E-state index is 12.2. The number of rotatable bonds is 8. The minimum atomic E-state index is -3.65. The smallest absolute Gasteiger partial charge is 0.235 e. The largest absolute Gasteiger partial charge is 0.355 e. The van der Waals surface area contributed by atoms with E-state index in [1.807, 2.05) is 16.7 Å². The molecule has 0 aliphatic carbocycles. The van der Waals surface area contributed by atoms with Crippen LogP contribution < -0.4 is 5.32 Å².